The van der Waals surface area contributed by atoms with Crippen molar-refractivity contribution in [1.29, 1.82) is 0 Å². The molecule has 2 aliphatic heterocycles. The van der Waals surface area contributed by atoms with E-state index in [2.05, 4.69) is 10.2 Å². The largest absolute Gasteiger partial charge is 0.351 e. The molecule has 3 rings (SSSR count). The molecule has 120 valence electrons. The lowest BCUT2D eigenvalue weighted by Crippen LogP contribution is -2.42. The van der Waals surface area contributed by atoms with Gasteiger partial charge in [-0.25, -0.2) is 8.42 Å². The predicted octanol–water partition coefficient (Wildman–Crippen LogP) is -0.651. The first-order valence-electron chi connectivity index (χ1n) is 7.91. The highest BCUT2D eigenvalue weighted by atomic mass is 32.2. The molecule has 0 aromatic heterocycles. The number of nitrogens with one attached hydrogen (secondary N) is 1. The van der Waals surface area contributed by atoms with Crippen molar-refractivity contribution in [3.05, 3.63) is 0 Å². The number of sulfone groups is 1. The third kappa shape index (κ3) is 3.57. The van der Waals surface area contributed by atoms with Crippen molar-refractivity contribution >= 4 is 15.7 Å². The van der Waals surface area contributed by atoms with Crippen LogP contribution >= 0.6 is 0 Å². The lowest BCUT2D eigenvalue weighted by atomic mass is 9.78. The molecule has 6 nitrogen and oxygen atoms in total. The van der Waals surface area contributed by atoms with E-state index in [-0.39, 0.29) is 29.5 Å². The van der Waals surface area contributed by atoms with Crippen LogP contribution in [0, 0.1) is 11.8 Å². The lowest BCUT2D eigenvalue weighted by molar-refractivity contribution is -0.122. The minimum atomic E-state index is -2.94. The maximum absolute atomic E-state index is 12.1. The number of carbonyl (C=O) groups excluding carboxylic acids is 1. The van der Waals surface area contributed by atoms with Crippen molar-refractivity contribution in [3.63, 3.8) is 0 Å². The van der Waals surface area contributed by atoms with Gasteiger partial charge in [0.25, 0.3) is 0 Å². The molecule has 4 unspecified atom stereocenters. The van der Waals surface area contributed by atoms with Gasteiger partial charge < -0.3 is 11.1 Å². The summed E-state index contributed by atoms with van der Waals surface area (Å²) < 4.78 is 22.8. The molecule has 7 heteroatoms. The third-order valence-corrected chi connectivity index (χ3v) is 6.96. The number of hydrogen-bond acceptors (Lipinski definition) is 5. The summed E-state index contributed by atoms with van der Waals surface area (Å²) in [4.78, 5) is 14.3. The van der Waals surface area contributed by atoms with Crippen LogP contribution in [0.3, 0.4) is 0 Å². The molecule has 1 aliphatic carbocycles. The van der Waals surface area contributed by atoms with Gasteiger partial charge in [0.05, 0.1) is 18.1 Å². The van der Waals surface area contributed by atoms with E-state index >= 15 is 0 Å². The summed E-state index contributed by atoms with van der Waals surface area (Å²) in [5, 5.41) is 2.86. The topological polar surface area (TPSA) is 92.5 Å². The van der Waals surface area contributed by atoms with Crippen molar-refractivity contribution in [3.8, 4) is 0 Å². The van der Waals surface area contributed by atoms with Crippen LogP contribution in [0.2, 0.25) is 0 Å². The Hall–Kier alpha value is -0.660. The fourth-order valence-electron chi connectivity index (χ4n) is 4.12. The Balaban J connectivity index is 1.48. The zero-order chi connectivity index (χ0) is 15.0. The summed E-state index contributed by atoms with van der Waals surface area (Å²) in [7, 11) is -2.94. The summed E-state index contributed by atoms with van der Waals surface area (Å²) >= 11 is 0. The van der Waals surface area contributed by atoms with Gasteiger partial charge in [0.2, 0.25) is 5.91 Å². The molecule has 2 saturated heterocycles. The van der Waals surface area contributed by atoms with Crippen LogP contribution in [0.4, 0.5) is 0 Å². The van der Waals surface area contributed by atoms with E-state index in [4.69, 9.17) is 5.73 Å². The van der Waals surface area contributed by atoms with Gasteiger partial charge in [-0.2, -0.15) is 0 Å². The van der Waals surface area contributed by atoms with Crippen molar-refractivity contribution in [1.82, 2.24) is 10.2 Å². The molecule has 0 aromatic rings. The monoisotopic (exact) mass is 315 g/mol. The van der Waals surface area contributed by atoms with Crippen LogP contribution in [0.1, 0.15) is 25.7 Å². The Bertz CT molecular complexity index is 508. The van der Waals surface area contributed by atoms with Gasteiger partial charge in [0.1, 0.15) is 0 Å². The number of hydrogen-bond donors (Lipinski definition) is 2. The number of fused-ring (bicyclic) bond motifs is 1. The number of rotatable bonds is 3. The Morgan fingerprint density at radius 2 is 2.05 bits per heavy atom. The molecular formula is C14H25N3O3S. The Morgan fingerprint density at radius 1 is 1.24 bits per heavy atom. The Kier molecular flexibility index (Phi) is 4.25. The van der Waals surface area contributed by atoms with Gasteiger partial charge in [-0.1, -0.05) is 6.42 Å². The number of likely N-dealkylation sites (tertiary alicyclic amines) is 1. The van der Waals surface area contributed by atoms with Crippen LogP contribution in [0.25, 0.3) is 0 Å². The average Bonchev–Trinajstić information content (AvgIpc) is 2.93. The zero-order valence-electron chi connectivity index (χ0n) is 12.3. The summed E-state index contributed by atoms with van der Waals surface area (Å²) in [5.41, 5.74) is 6.18. The fraction of sp³-hybridized carbons (Fsp3) is 0.929. The fourth-order valence-corrected chi connectivity index (χ4v) is 5.80. The highest BCUT2D eigenvalue weighted by molar-refractivity contribution is 7.91. The standard InChI is InChI=1S/C14H25N3O3S/c15-13-3-1-2-10-6-17(7-12(10)13)8-14(18)16-11-4-5-21(19,20)9-11/h10-13H,1-9,15H2,(H,16,18). The molecule has 4 atom stereocenters. The van der Waals surface area contributed by atoms with Gasteiger partial charge in [0.15, 0.2) is 9.84 Å². The van der Waals surface area contributed by atoms with E-state index in [1.54, 1.807) is 0 Å². The first kappa shape index (κ1) is 15.2. The van der Waals surface area contributed by atoms with Gasteiger partial charge in [-0.15, -0.1) is 0 Å². The molecule has 21 heavy (non-hydrogen) atoms. The summed E-state index contributed by atoms with van der Waals surface area (Å²) in [5.74, 6) is 1.39. The second-order valence-corrected chi connectivity index (χ2v) is 9.11. The van der Waals surface area contributed by atoms with E-state index < -0.39 is 9.84 Å². The second kappa shape index (κ2) is 5.85. The predicted molar refractivity (Wildman–Crippen MR) is 80.4 cm³/mol. The highest BCUT2D eigenvalue weighted by Gasteiger charge is 2.39. The smallest absolute Gasteiger partial charge is 0.234 e. The van der Waals surface area contributed by atoms with Crippen molar-refractivity contribution < 1.29 is 13.2 Å². The summed E-state index contributed by atoms with van der Waals surface area (Å²) in [6.45, 7) is 2.23. The molecule has 0 aromatic carbocycles. The second-order valence-electron chi connectivity index (χ2n) is 6.88. The summed E-state index contributed by atoms with van der Waals surface area (Å²) in [6, 6.07) is 0.0754. The van der Waals surface area contributed by atoms with E-state index in [0.29, 0.717) is 24.8 Å². The quantitative estimate of drug-likeness (QED) is 0.722. The van der Waals surface area contributed by atoms with Crippen molar-refractivity contribution in [2.45, 2.75) is 37.8 Å². The van der Waals surface area contributed by atoms with Crippen LogP contribution in [-0.4, -0.2) is 62.4 Å². The first-order chi connectivity index (χ1) is 9.93. The van der Waals surface area contributed by atoms with E-state index in [0.717, 1.165) is 19.5 Å². The molecule has 3 fully saturated rings. The molecular weight excluding hydrogens is 290 g/mol. The minimum absolute atomic E-state index is 0.0516. The molecule has 0 bridgehead atoms. The molecule has 0 spiro atoms. The van der Waals surface area contributed by atoms with Crippen LogP contribution in [-0.2, 0) is 14.6 Å². The number of amides is 1. The van der Waals surface area contributed by atoms with Crippen molar-refractivity contribution in [2.24, 2.45) is 17.6 Å². The maximum atomic E-state index is 12.1. The zero-order valence-corrected chi connectivity index (χ0v) is 13.1. The normalized spacial score (nSPS) is 39.1. The number of nitrogens with two attached hydrogens (primary N) is 1. The minimum Gasteiger partial charge on any atom is -0.351 e. The van der Waals surface area contributed by atoms with Crippen LogP contribution in [0.15, 0.2) is 0 Å². The van der Waals surface area contributed by atoms with Gasteiger partial charge in [-0.3, -0.25) is 9.69 Å². The Labute approximate surface area is 126 Å². The van der Waals surface area contributed by atoms with Gasteiger partial charge >= 0.3 is 0 Å². The summed E-state index contributed by atoms with van der Waals surface area (Å²) in [6.07, 6.45) is 4.06. The molecule has 1 amide bonds. The SMILES string of the molecule is NC1CCCC2CN(CC(=O)NC3CCS(=O)(=O)C3)CC12. The third-order valence-electron chi connectivity index (χ3n) is 5.19. The molecule has 0 radical (unpaired) electrons. The highest BCUT2D eigenvalue weighted by Crippen LogP contribution is 2.35. The van der Waals surface area contributed by atoms with Gasteiger partial charge in [-0.05, 0) is 31.1 Å². The maximum Gasteiger partial charge on any atom is 0.234 e. The molecule has 1 saturated carbocycles. The van der Waals surface area contributed by atoms with Crippen LogP contribution in [0.5, 0.6) is 0 Å². The Morgan fingerprint density at radius 3 is 2.71 bits per heavy atom. The molecule has 2 heterocycles. The molecule has 3 N–H and O–H groups in total. The van der Waals surface area contributed by atoms with E-state index in [1.807, 2.05) is 0 Å². The van der Waals surface area contributed by atoms with Crippen molar-refractivity contribution in [2.75, 3.05) is 31.1 Å². The van der Waals surface area contributed by atoms with Gasteiger partial charge in [0, 0.05) is 25.2 Å². The number of carbonyl (C=O) groups is 1. The van der Waals surface area contributed by atoms with E-state index in [1.165, 1.54) is 12.8 Å². The lowest BCUT2D eigenvalue weighted by Gasteiger charge is -2.29. The average molecular weight is 315 g/mol. The van der Waals surface area contributed by atoms with E-state index in [9.17, 15) is 13.2 Å². The molecule has 3 aliphatic rings. The first-order valence-corrected chi connectivity index (χ1v) is 9.73. The van der Waals surface area contributed by atoms with Crippen LogP contribution < -0.4 is 11.1 Å². The number of nitrogens with zero attached hydrogens (tertiary/aromatic N) is 1.